The highest BCUT2D eigenvalue weighted by molar-refractivity contribution is 7.99. The van der Waals surface area contributed by atoms with Gasteiger partial charge in [-0.15, -0.1) is 5.10 Å². The van der Waals surface area contributed by atoms with Gasteiger partial charge in [-0.2, -0.15) is 0 Å². The first kappa shape index (κ1) is 19.3. The van der Waals surface area contributed by atoms with Crippen LogP contribution < -0.4 is 10.9 Å². The van der Waals surface area contributed by atoms with E-state index in [1.54, 1.807) is 54.6 Å². The van der Waals surface area contributed by atoms with E-state index < -0.39 is 5.91 Å². The zero-order valence-corrected chi connectivity index (χ0v) is 15.4. The lowest BCUT2D eigenvalue weighted by Crippen LogP contribution is -2.42. The maximum absolute atomic E-state index is 12.9. The number of benzene rings is 2. The second-order valence-electron chi connectivity index (χ2n) is 5.55. The number of halogens is 1. The number of carbonyl (C=O) groups excluding carboxylic acids is 2. The minimum Gasteiger partial charge on any atom is -0.272 e. The van der Waals surface area contributed by atoms with Gasteiger partial charge in [-0.3, -0.25) is 25.5 Å². The molecule has 28 heavy (non-hydrogen) atoms. The number of nitrogens with one attached hydrogen (secondary N) is 3. The maximum atomic E-state index is 12.9. The summed E-state index contributed by atoms with van der Waals surface area (Å²) in [6, 6.07) is 14.6. The van der Waals surface area contributed by atoms with Gasteiger partial charge in [0.25, 0.3) is 5.91 Å². The molecule has 0 saturated carbocycles. The first-order valence-corrected chi connectivity index (χ1v) is 9.22. The molecule has 0 fully saturated rings. The van der Waals surface area contributed by atoms with Crippen LogP contribution in [0.2, 0.25) is 0 Å². The zero-order valence-electron chi connectivity index (χ0n) is 14.6. The molecule has 0 saturated heterocycles. The van der Waals surface area contributed by atoms with E-state index in [2.05, 4.69) is 26.0 Å². The van der Waals surface area contributed by atoms with Gasteiger partial charge >= 0.3 is 0 Å². The van der Waals surface area contributed by atoms with Crippen LogP contribution in [0.5, 0.6) is 0 Å². The lowest BCUT2D eigenvalue weighted by molar-refractivity contribution is -0.119. The number of amides is 2. The summed E-state index contributed by atoms with van der Waals surface area (Å²) in [7, 11) is 0. The lowest BCUT2D eigenvalue weighted by Gasteiger charge is -2.06. The summed E-state index contributed by atoms with van der Waals surface area (Å²) in [6.45, 7) is 0. The molecule has 3 aromatic rings. The summed E-state index contributed by atoms with van der Waals surface area (Å²) in [4.78, 5) is 27.9. The molecule has 7 nitrogen and oxygen atoms in total. The van der Waals surface area contributed by atoms with Crippen molar-refractivity contribution in [2.45, 2.75) is 5.16 Å². The van der Waals surface area contributed by atoms with Gasteiger partial charge in [0.15, 0.2) is 0 Å². The van der Waals surface area contributed by atoms with Gasteiger partial charge in [0.2, 0.25) is 11.1 Å². The molecule has 0 aliphatic rings. The number of nitrogens with zero attached hydrogens (tertiary/aromatic N) is 2. The summed E-state index contributed by atoms with van der Waals surface area (Å²) in [5.41, 5.74) is 5.95. The van der Waals surface area contributed by atoms with Crippen molar-refractivity contribution < 1.29 is 14.0 Å². The van der Waals surface area contributed by atoms with E-state index in [9.17, 15) is 14.0 Å². The first-order chi connectivity index (χ1) is 13.6. The van der Waals surface area contributed by atoms with E-state index in [4.69, 9.17) is 0 Å². The van der Waals surface area contributed by atoms with E-state index in [-0.39, 0.29) is 17.5 Å². The molecule has 0 spiro atoms. The average Bonchev–Trinajstić information content (AvgIpc) is 3.18. The van der Waals surface area contributed by atoms with Crippen molar-refractivity contribution in [2.75, 3.05) is 5.75 Å². The number of rotatable bonds is 6. The summed E-state index contributed by atoms with van der Waals surface area (Å²) in [5, 5.41) is 7.14. The van der Waals surface area contributed by atoms with Crippen LogP contribution in [0.4, 0.5) is 4.39 Å². The summed E-state index contributed by atoms with van der Waals surface area (Å²) < 4.78 is 12.9. The molecule has 1 heterocycles. The third kappa shape index (κ3) is 5.78. The fraction of sp³-hybridized carbons (Fsp3) is 0.0526. The maximum Gasteiger partial charge on any atom is 0.269 e. The highest BCUT2D eigenvalue weighted by Crippen LogP contribution is 2.13. The van der Waals surface area contributed by atoms with Gasteiger partial charge in [0.1, 0.15) is 11.6 Å². The van der Waals surface area contributed by atoms with Gasteiger partial charge in [0, 0.05) is 5.56 Å². The standard InChI is InChI=1S/C19H16FN5O2S/c20-15-9-6-13(7-10-15)8-11-16-21-19(25-22-16)28-12-17(26)23-24-18(27)14-4-2-1-3-5-14/h1-11H,12H2,(H,23,26)(H,24,27)(H,21,22,25)/b11-8+. The Labute approximate surface area is 164 Å². The first-order valence-electron chi connectivity index (χ1n) is 8.23. The van der Waals surface area contributed by atoms with Crippen LogP contribution in [0.25, 0.3) is 12.2 Å². The van der Waals surface area contributed by atoms with Crippen LogP contribution in [-0.4, -0.2) is 32.7 Å². The Balaban J connectivity index is 1.44. The van der Waals surface area contributed by atoms with Crippen molar-refractivity contribution in [2.24, 2.45) is 0 Å². The molecule has 0 radical (unpaired) electrons. The van der Waals surface area contributed by atoms with Crippen molar-refractivity contribution in [3.8, 4) is 0 Å². The second-order valence-corrected chi connectivity index (χ2v) is 6.49. The number of hydrogen-bond donors (Lipinski definition) is 3. The molecule has 0 aliphatic heterocycles. The number of aromatic nitrogens is 3. The van der Waals surface area contributed by atoms with Gasteiger partial charge in [-0.25, -0.2) is 9.37 Å². The van der Waals surface area contributed by atoms with Crippen molar-refractivity contribution in [1.82, 2.24) is 26.0 Å². The van der Waals surface area contributed by atoms with Crippen LogP contribution in [0.3, 0.4) is 0 Å². The number of hydrazine groups is 1. The number of thioether (sulfide) groups is 1. The molecule has 142 valence electrons. The van der Waals surface area contributed by atoms with Crippen molar-refractivity contribution in [3.63, 3.8) is 0 Å². The van der Waals surface area contributed by atoms with Gasteiger partial charge in [0.05, 0.1) is 5.75 Å². The summed E-state index contributed by atoms with van der Waals surface area (Å²) in [5.74, 6) is -0.542. The lowest BCUT2D eigenvalue weighted by atomic mass is 10.2. The molecule has 9 heteroatoms. The van der Waals surface area contributed by atoms with Crippen molar-refractivity contribution in [3.05, 3.63) is 77.4 Å². The Kier molecular flexibility index (Phi) is 6.53. The predicted molar refractivity (Wildman–Crippen MR) is 104 cm³/mol. The van der Waals surface area contributed by atoms with Crippen molar-refractivity contribution in [1.29, 1.82) is 0 Å². The minimum absolute atomic E-state index is 0.0358. The SMILES string of the molecule is O=C(CSc1n[nH]c(/C=C/c2ccc(F)cc2)n1)NNC(=O)c1ccccc1. The molecule has 1 aromatic heterocycles. The third-order valence-corrected chi connectivity index (χ3v) is 4.32. The molecule has 0 unspecified atom stereocenters. The van der Waals surface area contributed by atoms with Gasteiger partial charge in [-0.1, -0.05) is 48.2 Å². The van der Waals surface area contributed by atoms with E-state index >= 15 is 0 Å². The van der Waals surface area contributed by atoms with E-state index in [1.165, 1.54) is 12.1 Å². The van der Waals surface area contributed by atoms with Crippen LogP contribution in [0, 0.1) is 5.82 Å². The minimum atomic E-state index is -0.398. The second kappa shape index (κ2) is 9.47. The quantitative estimate of drug-likeness (QED) is 0.439. The normalized spacial score (nSPS) is 10.8. The summed E-state index contributed by atoms with van der Waals surface area (Å²) >= 11 is 1.12. The van der Waals surface area contributed by atoms with E-state index in [0.29, 0.717) is 16.5 Å². The molecular weight excluding hydrogens is 381 g/mol. The Morgan fingerprint density at radius 3 is 2.54 bits per heavy atom. The fourth-order valence-electron chi connectivity index (χ4n) is 2.10. The Bertz CT molecular complexity index is 974. The predicted octanol–water partition coefficient (Wildman–Crippen LogP) is 2.67. The molecule has 0 aliphatic carbocycles. The Hall–Kier alpha value is -3.46. The van der Waals surface area contributed by atoms with E-state index in [0.717, 1.165) is 17.3 Å². The number of H-pyrrole nitrogens is 1. The monoisotopic (exact) mass is 397 g/mol. The highest BCUT2D eigenvalue weighted by atomic mass is 32.2. The smallest absolute Gasteiger partial charge is 0.269 e. The molecule has 2 amide bonds. The number of aromatic amines is 1. The van der Waals surface area contributed by atoms with Crippen LogP contribution in [0.15, 0.2) is 59.8 Å². The fourth-order valence-corrected chi connectivity index (χ4v) is 2.71. The largest absolute Gasteiger partial charge is 0.272 e. The van der Waals surface area contributed by atoms with Gasteiger partial charge in [-0.05, 0) is 35.9 Å². The molecular formula is C19H16FN5O2S. The number of carbonyl (C=O) groups is 2. The highest BCUT2D eigenvalue weighted by Gasteiger charge is 2.09. The van der Waals surface area contributed by atoms with Crippen LogP contribution in [0.1, 0.15) is 21.7 Å². The van der Waals surface area contributed by atoms with Crippen LogP contribution >= 0.6 is 11.8 Å². The number of hydrogen-bond acceptors (Lipinski definition) is 5. The van der Waals surface area contributed by atoms with E-state index in [1.807, 2.05) is 0 Å². The van der Waals surface area contributed by atoms with Crippen LogP contribution in [-0.2, 0) is 4.79 Å². The third-order valence-electron chi connectivity index (χ3n) is 3.47. The summed E-state index contributed by atoms with van der Waals surface area (Å²) in [6.07, 6.45) is 3.46. The molecule has 3 N–H and O–H groups in total. The van der Waals surface area contributed by atoms with Crippen molar-refractivity contribution >= 4 is 35.7 Å². The molecule has 0 atom stereocenters. The zero-order chi connectivity index (χ0) is 19.8. The molecule has 3 rings (SSSR count). The topological polar surface area (TPSA) is 99.8 Å². The molecule has 0 bridgehead atoms. The average molecular weight is 397 g/mol. The van der Waals surface area contributed by atoms with Gasteiger partial charge < -0.3 is 0 Å². The Morgan fingerprint density at radius 2 is 1.79 bits per heavy atom. The Morgan fingerprint density at radius 1 is 1.04 bits per heavy atom. The molecule has 2 aromatic carbocycles.